The molecule has 4 rings (SSSR count). The smallest absolute Gasteiger partial charge is 0.260 e. The first kappa shape index (κ1) is 19.8. The molecule has 0 aromatic heterocycles. The van der Waals surface area contributed by atoms with Crippen LogP contribution in [0.5, 0.6) is 11.5 Å². The topological polar surface area (TPSA) is 42.0 Å². The number of hydrogen-bond acceptors (Lipinski definition) is 4. The molecule has 0 spiro atoms. The maximum atomic E-state index is 12.7. The molecule has 2 aromatic rings. The third kappa shape index (κ3) is 5.51. The van der Waals surface area contributed by atoms with Crippen molar-refractivity contribution in [2.45, 2.75) is 38.8 Å². The molecule has 0 unspecified atom stereocenters. The van der Waals surface area contributed by atoms with Crippen molar-refractivity contribution in [2.24, 2.45) is 0 Å². The van der Waals surface area contributed by atoms with E-state index in [4.69, 9.17) is 9.47 Å². The summed E-state index contributed by atoms with van der Waals surface area (Å²) in [7, 11) is 0. The first-order chi connectivity index (χ1) is 14.3. The van der Waals surface area contributed by atoms with Crippen molar-refractivity contribution in [1.82, 2.24) is 9.80 Å². The highest BCUT2D eigenvalue weighted by Gasteiger charge is 2.21. The van der Waals surface area contributed by atoms with Crippen molar-refractivity contribution < 1.29 is 14.3 Å². The van der Waals surface area contributed by atoms with E-state index >= 15 is 0 Å². The van der Waals surface area contributed by atoms with Gasteiger partial charge in [-0.1, -0.05) is 37.1 Å². The molecular formula is C24H30N2O3. The predicted molar refractivity (Wildman–Crippen MR) is 113 cm³/mol. The van der Waals surface area contributed by atoms with E-state index < -0.39 is 0 Å². The second-order valence-electron chi connectivity index (χ2n) is 7.90. The van der Waals surface area contributed by atoms with Crippen LogP contribution in [0.2, 0.25) is 0 Å². The van der Waals surface area contributed by atoms with E-state index in [0.29, 0.717) is 25.4 Å². The standard InChI is InChI=1S/C24H30N2O3/c27-24(19-29-22-8-4-3-5-9-22)26-14-15-28-23-11-10-20(16-21(23)18-26)17-25-12-6-1-2-7-13-25/h3-5,8-11,16H,1-2,6-7,12-15,17-19H2. The van der Waals surface area contributed by atoms with Crippen molar-refractivity contribution in [1.29, 1.82) is 0 Å². The summed E-state index contributed by atoms with van der Waals surface area (Å²) in [6.07, 6.45) is 5.27. The summed E-state index contributed by atoms with van der Waals surface area (Å²) in [4.78, 5) is 17.1. The Balaban J connectivity index is 1.39. The number of carbonyl (C=O) groups excluding carboxylic acids is 1. The summed E-state index contributed by atoms with van der Waals surface area (Å²) in [6, 6.07) is 15.9. The average Bonchev–Trinajstić information content (AvgIpc) is 3.13. The molecule has 2 aromatic carbocycles. The van der Waals surface area contributed by atoms with Crippen LogP contribution < -0.4 is 9.47 Å². The number of amides is 1. The van der Waals surface area contributed by atoms with Gasteiger partial charge in [-0.15, -0.1) is 0 Å². The fraction of sp³-hybridized carbons (Fsp3) is 0.458. The average molecular weight is 395 g/mol. The van der Waals surface area contributed by atoms with Crippen molar-refractivity contribution in [3.8, 4) is 11.5 Å². The van der Waals surface area contributed by atoms with Crippen LogP contribution in [0.4, 0.5) is 0 Å². The Hall–Kier alpha value is -2.53. The van der Waals surface area contributed by atoms with Crippen LogP contribution in [0.15, 0.2) is 48.5 Å². The maximum Gasteiger partial charge on any atom is 0.260 e. The summed E-state index contributed by atoms with van der Waals surface area (Å²) >= 11 is 0. The molecule has 0 aliphatic carbocycles. The number of likely N-dealkylation sites (tertiary alicyclic amines) is 1. The lowest BCUT2D eigenvalue weighted by molar-refractivity contribution is -0.134. The van der Waals surface area contributed by atoms with Crippen LogP contribution in [0.25, 0.3) is 0 Å². The molecule has 1 fully saturated rings. The highest BCUT2D eigenvalue weighted by molar-refractivity contribution is 5.78. The highest BCUT2D eigenvalue weighted by Crippen LogP contribution is 2.26. The van der Waals surface area contributed by atoms with Gasteiger partial charge in [0.25, 0.3) is 5.91 Å². The molecule has 0 N–H and O–H groups in total. The van der Waals surface area contributed by atoms with E-state index in [9.17, 15) is 4.79 Å². The van der Waals surface area contributed by atoms with Crippen LogP contribution >= 0.6 is 0 Å². The lowest BCUT2D eigenvalue weighted by Crippen LogP contribution is -2.36. The molecule has 0 radical (unpaired) electrons. The van der Waals surface area contributed by atoms with E-state index in [0.717, 1.165) is 17.9 Å². The monoisotopic (exact) mass is 394 g/mol. The third-order valence-corrected chi connectivity index (χ3v) is 5.67. The van der Waals surface area contributed by atoms with Gasteiger partial charge in [-0.05, 0) is 55.8 Å². The summed E-state index contributed by atoms with van der Waals surface area (Å²) < 4.78 is 11.6. The molecule has 2 heterocycles. The Morgan fingerprint density at radius 3 is 2.55 bits per heavy atom. The Bertz CT molecular complexity index is 801. The summed E-state index contributed by atoms with van der Waals surface area (Å²) in [5.74, 6) is 1.60. The van der Waals surface area contributed by atoms with Crippen molar-refractivity contribution in [3.05, 3.63) is 59.7 Å². The van der Waals surface area contributed by atoms with Gasteiger partial charge < -0.3 is 14.4 Å². The molecule has 0 saturated carbocycles. The fourth-order valence-corrected chi connectivity index (χ4v) is 4.06. The minimum absolute atomic E-state index is 0.0109. The van der Waals surface area contributed by atoms with Crippen molar-refractivity contribution >= 4 is 5.91 Å². The maximum absolute atomic E-state index is 12.7. The molecule has 5 heteroatoms. The minimum Gasteiger partial charge on any atom is -0.491 e. The van der Waals surface area contributed by atoms with E-state index in [-0.39, 0.29) is 12.5 Å². The number of carbonyl (C=O) groups is 1. The first-order valence-corrected chi connectivity index (χ1v) is 10.7. The number of hydrogen-bond donors (Lipinski definition) is 0. The molecular weight excluding hydrogens is 364 g/mol. The molecule has 0 bridgehead atoms. The van der Waals surface area contributed by atoms with Crippen LogP contribution in [0.3, 0.4) is 0 Å². The fourth-order valence-electron chi connectivity index (χ4n) is 4.06. The number of ether oxygens (including phenoxy) is 2. The Morgan fingerprint density at radius 1 is 0.966 bits per heavy atom. The second-order valence-corrected chi connectivity index (χ2v) is 7.90. The van der Waals surface area contributed by atoms with Gasteiger partial charge in [0.2, 0.25) is 0 Å². The summed E-state index contributed by atoms with van der Waals surface area (Å²) in [5.41, 5.74) is 2.38. The van der Waals surface area contributed by atoms with E-state index in [1.807, 2.05) is 35.2 Å². The van der Waals surface area contributed by atoms with E-state index in [1.54, 1.807) is 0 Å². The van der Waals surface area contributed by atoms with E-state index in [1.165, 1.54) is 44.3 Å². The van der Waals surface area contributed by atoms with Gasteiger partial charge in [0.1, 0.15) is 18.1 Å². The van der Waals surface area contributed by atoms with Gasteiger partial charge in [-0.3, -0.25) is 9.69 Å². The van der Waals surface area contributed by atoms with Gasteiger partial charge in [-0.25, -0.2) is 0 Å². The molecule has 2 aliphatic rings. The van der Waals surface area contributed by atoms with Crippen molar-refractivity contribution in [2.75, 3.05) is 32.8 Å². The molecule has 29 heavy (non-hydrogen) atoms. The zero-order chi connectivity index (χ0) is 19.9. The molecule has 5 nitrogen and oxygen atoms in total. The Kier molecular flexibility index (Phi) is 6.67. The molecule has 1 saturated heterocycles. The van der Waals surface area contributed by atoms with Crippen molar-refractivity contribution in [3.63, 3.8) is 0 Å². The Labute approximate surface area is 173 Å². The number of para-hydroxylation sites is 1. The molecule has 2 aliphatic heterocycles. The number of rotatable bonds is 5. The highest BCUT2D eigenvalue weighted by atomic mass is 16.5. The predicted octanol–water partition coefficient (Wildman–Crippen LogP) is 3.86. The molecule has 154 valence electrons. The molecule has 1 amide bonds. The lowest BCUT2D eigenvalue weighted by Gasteiger charge is -2.22. The van der Waals surface area contributed by atoms with E-state index in [2.05, 4.69) is 23.1 Å². The van der Waals surface area contributed by atoms with Gasteiger partial charge in [-0.2, -0.15) is 0 Å². The summed E-state index contributed by atoms with van der Waals surface area (Å²) in [5, 5.41) is 0. The second kappa shape index (κ2) is 9.79. The number of benzene rings is 2. The number of fused-ring (bicyclic) bond motifs is 1. The van der Waals surface area contributed by atoms with Crippen LogP contribution in [-0.2, 0) is 17.9 Å². The van der Waals surface area contributed by atoms with Crippen LogP contribution in [0, 0.1) is 0 Å². The third-order valence-electron chi connectivity index (χ3n) is 5.67. The van der Waals surface area contributed by atoms with Gasteiger partial charge in [0.05, 0.1) is 6.54 Å². The quantitative estimate of drug-likeness (QED) is 0.772. The lowest BCUT2D eigenvalue weighted by atomic mass is 10.1. The zero-order valence-electron chi connectivity index (χ0n) is 17.0. The number of nitrogens with zero attached hydrogens (tertiary/aromatic N) is 2. The van der Waals surface area contributed by atoms with Crippen LogP contribution in [-0.4, -0.2) is 48.6 Å². The molecule has 0 atom stereocenters. The normalized spacial score (nSPS) is 17.6. The largest absolute Gasteiger partial charge is 0.491 e. The Morgan fingerprint density at radius 2 is 1.76 bits per heavy atom. The SMILES string of the molecule is O=C(COc1ccccc1)N1CCOc2ccc(CN3CCCCCC3)cc2C1. The minimum atomic E-state index is -0.0109. The zero-order valence-corrected chi connectivity index (χ0v) is 17.0. The summed E-state index contributed by atoms with van der Waals surface area (Å²) in [6.45, 7) is 5.03. The van der Waals surface area contributed by atoms with Crippen LogP contribution in [0.1, 0.15) is 36.8 Å². The first-order valence-electron chi connectivity index (χ1n) is 10.7. The van der Waals surface area contributed by atoms with Gasteiger partial charge in [0.15, 0.2) is 6.61 Å². The van der Waals surface area contributed by atoms with Gasteiger partial charge >= 0.3 is 0 Å². The van der Waals surface area contributed by atoms with Gasteiger partial charge in [0, 0.05) is 18.7 Å².